The molecule has 0 radical (unpaired) electrons. The van der Waals surface area contributed by atoms with Gasteiger partial charge in [0.25, 0.3) is 5.91 Å². The highest BCUT2D eigenvalue weighted by molar-refractivity contribution is 6.21. The van der Waals surface area contributed by atoms with Gasteiger partial charge in [0.2, 0.25) is 0 Å². The fraction of sp³-hybridized carbons (Fsp3) is 0.667. The lowest BCUT2D eigenvalue weighted by Gasteiger charge is -2.20. The van der Waals surface area contributed by atoms with Crippen molar-refractivity contribution < 1.29 is 9.32 Å². The van der Waals surface area contributed by atoms with Gasteiger partial charge < -0.3 is 9.84 Å². The number of hydrogen-bond donors (Lipinski definition) is 1. The minimum absolute atomic E-state index is 0.0293. The second-order valence-corrected chi connectivity index (χ2v) is 5.09. The van der Waals surface area contributed by atoms with E-state index in [2.05, 4.69) is 10.5 Å². The third-order valence-corrected chi connectivity index (χ3v) is 3.77. The predicted octanol–water partition coefficient (Wildman–Crippen LogP) is 2.65. The Bertz CT molecular complexity index is 392. The first kappa shape index (κ1) is 12.4. The number of halogens is 1. The molecule has 0 aromatic carbocycles. The third-order valence-electron chi connectivity index (χ3n) is 3.24. The van der Waals surface area contributed by atoms with E-state index < -0.39 is 0 Å². The van der Waals surface area contributed by atoms with Gasteiger partial charge in [-0.2, -0.15) is 0 Å². The molecule has 0 spiro atoms. The van der Waals surface area contributed by atoms with Crippen molar-refractivity contribution in [2.45, 2.75) is 50.4 Å². The van der Waals surface area contributed by atoms with Crippen LogP contribution < -0.4 is 5.32 Å². The number of aromatic nitrogens is 1. The van der Waals surface area contributed by atoms with E-state index >= 15 is 0 Å². The molecular weight excluding hydrogens is 240 g/mol. The van der Waals surface area contributed by atoms with Crippen LogP contribution in [0.25, 0.3) is 0 Å². The normalized spacial score (nSPS) is 25.3. The average Bonchev–Trinajstić information content (AvgIpc) is 2.63. The summed E-state index contributed by atoms with van der Waals surface area (Å²) in [5.74, 6) is 0.406. The van der Waals surface area contributed by atoms with Crippen molar-refractivity contribution in [1.29, 1.82) is 0 Å². The van der Waals surface area contributed by atoms with Crippen molar-refractivity contribution >= 4 is 17.5 Å². The summed E-state index contributed by atoms with van der Waals surface area (Å²) in [4.78, 5) is 12.0. The fourth-order valence-electron chi connectivity index (χ4n) is 2.19. The van der Waals surface area contributed by atoms with Crippen LogP contribution in [0.3, 0.4) is 0 Å². The highest BCUT2D eigenvalue weighted by Crippen LogP contribution is 2.22. The molecule has 1 N–H and O–H groups in total. The summed E-state index contributed by atoms with van der Waals surface area (Å²) in [6, 6.07) is 0.0565. The summed E-state index contributed by atoms with van der Waals surface area (Å²) in [5.41, 5.74) is 0.498. The standard InChI is InChI=1S/C12H17ClN2O2/c1-8-9(7-14-17-8)12(16)15-11-6-4-2-3-5-10(11)13/h7,10-11H,2-6H2,1H3,(H,15,16). The molecular formula is C12H17ClN2O2. The molecule has 1 aromatic heterocycles. The summed E-state index contributed by atoms with van der Waals surface area (Å²) < 4.78 is 4.88. The lowest BCUT2D eigenvalue weighted by Crippen LogP contribution is -2.40. The smallest absolute Gasteiger partial charge is 0.256 e. The molecule has 1 aliphatic rings. The minimum atomic E-state index is -0.138. The maximum atomic E-state index is 12.0. The van der Waals surface area contributed by atoms with E-state index in [1.165, 1.54) is 12.6 Å². The zero-order chi connectivity index (χ0) is 12.3. The molecule has 1 heterocycles. The van der Waals surface area contributed by atoms with Gasteiger partial charge in [0, 0.05) is 6.04 Å². The van der Waals surface area contributed by atoms with Crippen molar-refractivity contribution in [1.82, 2.24) is 10.5 Å². The lowest BCUT2D eigenvalue weighted by molar-refractivity contribution is 0.0932. The minimum Gasteiger partial charge on any atom is -0.361 e. The SMILES string of the molecule is Cc1oncc1C(=O)NC1CCCCCC1Cl. The van der Waals surface area contributed by atoms with Crippen molar-refractivity contribution in [2.24, 2.45) is 0 Å². The average molecular weight is 257 g/mol. The number of nitrogens with one attached hydrogen (secondary N) is 1. The number of carbonyl (C=O) groups is 1. The van der Waals surface area contributed by atoms with E-state index in [1.807, 2.05) is 0 Å². The van der Waals surface area contributed by atoms with Crippen molar-refractivity contribution in [2.75, 3.05) is 0 Å². The number of nitrogens with zero attached hydrogens (tertiary/aromatic N) is 1. The number of amides is 1. The Kier molecular flexibility index (Phi) is 4.05. The van der Waals surface area contributed by atoms with Gasteiger partial charge in [0.15, 0.2) is 0 Å². The molecule has 5 heteroatoms. The molecule has 1 saturated carbocycles. The first-order valence-electron chi connectivity index (χ1n) is 6.04. The van der Waals surface area contributed by atoms with Gasteiger partial charge in [-0.1, -0.05) is 24.4 Å². The summed E-state index contributed by atoms with van der Waals surface area (Å²) in [7, 11) is 0. The van der Waals surface area contributed by atoms with Gasteiger partial charge >= 0.3 is 0 Å². The van der Waals surface area contributed by atoms with Gasteiger partial charge in [0.1, 0.15) is 11.3 Å². The van der Waals surface area contributed by atoms with Crippen molar-refractivity contribution in [3.63, 3.8) is 0 Å². The molecule has 1 fully saturated rings. The van der Waals surface area contributed by atoms with Crippen LogP contribution in [0.4, 0.5) is 0 Å². The monoisotopic (exact) mass is 256 g/mol. The van der Waals surface area contributed by atoms with Crippen molar-refractivity contribution in [3.05, 3.63) is 17.5 Å². The van der Waals surface area contributed by atoms with E-state index in [-0.39, 0.29) is 17.3 Å². The number of carbonyl (C=O) groups excluding carboxylic acids is 1. The van der Waals surface area contributed by atoms with Gasteiger partial charge in [-0.25, -0.2) is 0 Å². The molecule has 4 nitrogen and oxygen atoms in total. The van der Waals surface area contributed by atoms with Crippen LogP contribution in [0.15, 0.2) is 10.7 Å². The van der Waals surface area contributed by atoms with Gasteiger partial charge in [-0.05, 0) is 19.8 Å². The predicted molar refractivity (Wildman–Crippen MR) is 65.2 cm³/mol. The van der Waals surface area contributed by atoms with Crippen LogP contribution in [0.1, 0.15) is 48.2 Å². The van der Waals surface area contributed by atoms with E-state index in [0.29, 0.717) is 11.3 Å². The highest BCUT2D eigenvalue weighted by atomic mass is 35.5. The van der Waals surface area contributed by atoms with Crippen LogP contribution in [-0.4, -0.2) is 22.5 Å². The molecule has 0 saturated heterocycles. The number of alkyl halides is 1. The first-order chi connectivity index (χ1) is 8.18. The Balaban J connectivity index is 2.00. The topological polar surface area (TPSA) is 55.1 Å². The summed E-state index contributed by atoms with van der Waals surface area (Å²) in [5, 5.41) is 6.61. The highest BCUT2D eigenvalue weighted by Gasteiger charge is 2.24. The molecule has 0 bridgehead atoms. The fourth-order valence-corrected chi connectivity index (χ4v) is 2.53. The molecule has 1 aromatic rings. The van der Waals surface area contributed by atoms with Crippen LogP contribution in [0, 0.1) is 6.92 Å². The summed E-state index contributed by atoms with van der Waals surface area (Å²) in [6.07, 6.45) is 6.83. The maximum absolute atomic E-state index is 12.0. The molecule has 94 valence electrons. The van der Waals surface area contributed by atoms with Gasteiger partial charge in [-0.15, -0.1) is 11.6 Å². The number of hydrogen-bond acceptors (Lipinski definition) is 3. The Morgan fingerprint density at radius 3 is 2.94 bits per heavy atom. The second-order valence-electron chi connectivity index (χ2n) is 4.53. The Hall–Kier alpha value is -1.03. The summed E-state index contributed by atoms with van der Waals surface area (Å²) >= 11 is 6.28. The quantitative estimate of drug-likeness (QED) is 0.654. The van der Waals surface area contributed by atoms with Gasteiger partial charge in [-0.3, -0.25) is 4.79 Å². The van der Waals surface area contributed by atoms with E-state index in [4.69, 9.17) is 16.1 Å². The van der Waals surface area contributed by atoms with Crippen LogP contribution in [-0.2, 0) is 0 Å². The Morgan fingerprint density at radius 1 is 1.47 bits per heavy atom. The van der Waals surface area contributed by atoms with Crippen LogP contribution in [0.2, 0.25) is 0 Å². The van der Waals surface area contributed by atoms with Crippen LogP contribution in [0.5, 0.6) is 0 Å². The lowest BCUT2D eigenvalue weighted by atomic mass is 10.1. The molecule has 1 aliphatic carbocycles. The molecule has 0 aliphatic heterocycles. The zero-order valence-electron chi connectivity index (χ0n) is 9.91. The van der Waals surface area contributed by atoms with E-state index in [0.717, 1.165) is 25.7 Å². The van der Waals surface area contributed by atoms with Crippen LogP contribution >= 0.6 is 11.6 Å². The largest absolute Gasteiger partial charge is 0.361 e. The zero-order valence-corrected chi connectivity index (χ0v) is 10.7. The molecule has 2 rings (SSSR count). The Morgan fingerprint density at radius 2 is 2.24 bits per heavy atom. The molecule has 2 atom stereocenters. The summed E-state index contributed by atoms with van der Waals surface area (Å²) in [6.45, 7) is 1.73. The molecule has 2 unspecified atom stereocenters. The van der Waals surface area contributed by atoms with E-state index in [9.17, 15) is 4.79 Å². The number of aryl methyl sites for hydroxylation is 1. The molecule has 1 amide bonds. The van der Waals surface area contributed by atoms with E-state index in [1.54, 1.807) is 6.92 Å². The first-order valence-corrected chi connectivity index (χ1v) is 6.48. The maximum Gasteiger partial charge on any atom is 0.256 e. The van der Waals surface area contributed by atoms with Gasteiger partial charge in [0.05, 0.1) is 11.6 Å². The number of rotatable bonds is 2. The Labute approximate surface area is 106 Å². The third kappa shape index (κ3) is 3.00. The second kappa shape index (κ2) is 5.54. The molecule has 17 heavy (non-hydrogen) atoms. The van der Waals surface area contributed by atoms with Crippen molar-refractivity contribution in [3.8, 4) is 0 Å².